The van der Waals surface area contributed by atoms with Crippen LogP contribution in [0.1, 0.15) is 43.7 Å². The lowest BCUT2D eigenvalue weighted by Crippen LogP contribution is -2.35. The van der Waals surface area contributed by atoms with E-state index in [9.17, 15) is 4.79 Å². The molecule has 0 bridgehead atoms. The summed E-state index contributed by atoms with van der Waals surface area (Å²) in [6, 6.07) is 9.97. The first-order chi connectivity index (χ1) is 11.7. The number of benzene rings is 1. The van der Waals surface area contributed by atoms with Crippen LogP contribution >= 0.6 is 0 Å². The summed E-state index contributed by atoms with van der Waals surface area (Å²) >= 11 is 0. The fourth-order valence-electron chi connectivity index (χ4n) is 3.56. The first kappa shape index (κ1) is 17.0. The van der Waals surface area contributed by atoms with Gasteiger partial charge in [0.25, 0.3) is 0 Å². The molecule has 4 heteroatoms. The third-order valence-electron chi connectivity index (χ3n) is 5.35. The van der Waals surface area contributed by atoms with Crippen LogP contribution in [-0.2, 0) is 11.3 Å². The van der Waals surface area contributed by atoms with Gasteiger partial charge in [0.1, 0.15) is 0 Å². The minimum Gasteiger partial charge on any atom is -0.341 e. The van der Waals surface area contributed by atoms with Gasteiger partial charge >= 0.3 is 0 Å². The highest BCUT2D eigenvalue weighted by Crippen LogP contribution is 2.38. The van der Waals surface area contributed by atoms with Crippen LogP contribution < -0.4 is 0 Å². The molecule has 1 amide bonds. The lowest BCUT2D eigenvalue weighted by molar-refractivity contribution is -0.132. The van der Waals surface area contributed by atoms with Crippen LogP contribution in [0, 0.1) is 23.2 Å². The molecule has 0 unspecified atom stereocenters. The molecule has 0 spiro atoms. The quantitative estimate of drug-likeness (QED) is 0.836. The zero-order valence-electron chi connectivity index (χ0n) is 14.6. The second-order valence-electron chi connectivity index (χ2n) is 7.34. The number of nitriles is 1. The van der Waals surface area contributed by atoms with E-state index in [1.807, 2.05) is 24.3 Å². The standard InChI is InChI=1S/C20H27N3O/c1-16(19-7-8-19)13-20(24)23-10-2-9-22(11-12-23)15-18-5-3-17(14-21)4-6-18/h3-6,16,19H,2,7-13,15H2,1H3/t16-/m0/s1. The summed E-state index contributed by atoms with van der Waals surface area (Å²) in [7, 11) is 0. The van der Waals surface area contributed by atoms with Crippen molar-refractivity contribution in [3.05, 3.63) is 35.4 Å². The van der Waals surface area contributed by atoms with Crippen LogP contribution in [0.15, 0.2) is 24.3 Å². The monoisotopic (exact) mass is 325 g/mol. The van der Waals surface area contributed by atoms with E-state index in [-0.39, 0.29) is 0 Å². The molecule has 1 heterocycles. The normalized spacial score (nSPS) is 20.2. The molecule has 2 aliphatic rings. The summed E-state index contributed by atoms with van der Waals surface area (Å²) in [5.74, 6) is 1.69. The van der Waals surface area contributed by atoms with Gasteiger partial charge in [-0.25, -0.2) is 0 Å². The Kier molecular flexibility index (Phi) is 5.52. The van der Waals surface area contributed by atoms with Crippen molar-refractivity contribution >= 4 is 5.91 Å². The number of hydrogen-bond acceptors (Lipinski definition) is 3. The van der Waals surface area contributed by atoms with E-state index >= 15 is 0 Å². The molecule has 0 radical (unpaired) electrons. The number of rotatable bonds is 5. The smallest absolute Gasteiger partial charge is 0.222 e. The summed E-state index contributed by atoms with van der Waals surface area (Å²) in [5, 5.41) is 8.87. The van der Waals surface area contributed by atoms with Gasteiger partial charge in [0.05, 0.1) is 11.6 Å². The number of amides is 1. The molecule has 4 nitrogen and oxygen atoms in total. The Balaban J connectivity index is 1.48. The molecule has 1 saturated heterocycles. The predicted molar refractivity (Wildman–Crippen MR) is 94.1 cm³/mol. The van der Waals surface area contributed by atoms with Crippen molar-refractivity contribution in [1.82, 2.24) is 9.80 Å². The summed E-state index contributed by atoms with van der Waals surface area (Å²) in [6.45, 7) is 6.81. The Hall–Kier alpha value is -1.86. The second kappa shape index (κ2) is 7.81. The molecule has 0 N–H and O–H groups in total. The van der Waals surface area contributed by atoms with E-state index in [2.05, 4.69) is 22.8 Å². The van der Waals surface area contributed by atoms with Crippen LogP contribution in [-0.4, -0.2) is 41.9 Å². The summed E-state index contributed by atoms with van der Waals surface area (Å²) in [4.78, 5) is 17.0. The molecular weight excluding hydrogens is 298 g/mol. The molecule has 1 aromatic rings. The molecule has 0 aromatic heterocycles. The molecule has 1 saturated carbocycles. The SMILES string of the molecule is C[C@@H](CC(=O)N1CCCN(Cc2ccc(C#N)cc2)CC1)C1CC1. The van der Waals surface area contributed by atoms with E-state index < -0.39 is 0 Å². The zero-order chi connectivity index (χ0) is 16.9. The predicted octanol–water partition coefficient (Wildman–Crippen LogP) is 3.03. The highest BCUT2D eigenvalue weighted by atomic mass is 16.2. The fourth-order valence-corrected chi connectivity index (χ4v) is 3.56. The van der Waals surface area contributed by atoms with Crippen molar-refractivity contribution in [2.45, 2.75) is 39.2 Å². The average Bonchev–Trinajstić information content (AvgIpc) is 3.43. The second-order valence-corrected chi connectivity index (χ2v) is 7.34. The van der Waals surface area contributed by atoms with Gasteiger partial charge in [-0.15, -0.1) is 0 Å². The van der Waals surface area contributed by atoms with Crippen molar-refractivity contribution in [3.8, 4) is 6.07 Å². The lowest BCUT2D eigenvalue weighted by atomic mass is 10.0. The van der Waals surface area contributed by atoms with Gasteiger partial charge in [0, 0.05) is 39.1 Å². The van der Waals surface area contributed by atoms with E-state index in [4.69, 9.17) is 5.26 Å². The van der Waals surface area contributed by atoms with Crippen molar-refractivity contribution in [2.75, 3.05) is 26.2 Å². The average molecular weight is 325 g/mol. The number of carbonyl (C=O) groups excluding carboxylic acids is 1. The number of nitrogens with zero attached hydrogens (tertiary/aromatic N) is 3. The third kappa shape index (κ3) is 4.58. The Morgan fingerprint density at radius 1 is 1.21 bits per heavy atom. The Bertz CT molecular complexity index is 600. The maximum Gasteiger partial charge on any atom is 0.222 e. The van der Waals surface area contributed by atoms with Crippen molar-refractivity contribution in [2.24, 2.45) is 11.8 Å². The minimum absolute atomic E-state index is 0.342. The highest BCUT2D eigenvalue weighted by Gasteiger charge is 2.30. The van der Waals surface area contributed by atoms with E-state index in [0.29, 0.717) is 17.4 Å². The first-order valence-electron chi connectivity index (χ1n) is 9.15. The molecule has 1 aliphatic carbocycles. The molecular formula is C20H27N3O. The van der Waals surface area contributed by atoms with Crippen LogP contribution in [0.25, 0.3) is 0 Å². The largest absolute Gasteiger partial charge is 0.341 e. The van der Waals surface area contributed by atoms with Gasteiger partial charge < -0.3 is 4.90 Å². The zero-order valence-corrected chi connectivity index (χ0v) is 14.6. The maximum absolute atomic E-state index is 12.5. The van der Waals surface area contributed by atoms with Crippen LogP contribution in [0.5, 0.6) is 0 Å². The fraction of sp³-hybridized carbons (Fsp3) is 0.600. The van der Waals surface area contributed by atoms with Gasteiger partial charge in [-0.2, -0.15) is 5.26 Å². The molecule has 2 fully saturated rings. The maximum atomic E-state index is 12.5. The molecule has 3 rings (SSSR count). The molecule has 24 heavy (non-hydrogen) atoms. The Labute approximate surface area is 145 Å². The van der Waals surface area contributed by atoms with Crippen molar-refractivity contribution in [1.29, 1.82) is 5.26 Å². The summed E-state index contributed by atoms with van der Waals surface area (Å²) in [6.07, 6.45) is 4.39. The van der Waals surface area contributed by atoms with Crippen molar-refractivity contribution < 1.29 is 4.79 Å². The minimum atomic E-state index is 0.342. The first-order valence-corrected chi connectivity index (χ1v) is 9.15. The van der Waals surface area contributed by atoms with Crippen LogP contribution in [0.4, 0.5) is 0 Å². The topological polar surface area (TPSA) is 47.3 Å². The van der Waals surface area contributed by atoms with Gasteiger partial charge in [0.2, 0.25) is 5.91 Å². The Morgan fingerprint density at radius 2 is 1.96 bits per heavy atom. The molecule has 1 aliphatic heterocycles. The van der Waals surface area contributed by atoms with Crippen LogP contribution in [0.2, 0.25) is 0 Å². The van der Waals surface area contributed by atoms with E-state index in [1.165, 1.54) is 18.4 Å². The van der Waals surface area contributed by atoms with E-state index in [1.54, 1.807) is 0 Å². The lowest BCUT2D eigenvalue weighted by Gasteiger charge is -2.23. The van der Waals surface area contributed by atoms with Gasteiger partial charge in [-0.1, -0.05) is 19.1 Å². The molecule has 1 aromatic carbocycles. The van der Waals surface area contributed by atoms with Gasteiger partial charge in [0.15, 0.2) is 0 Å². The van der Waals surface area contributed by atoms with Gasteiger partial charge in [-0.3, -0.25) is 9.69 Å². The number of hydrogen-bond donors (Lipinski definition) is 0. The molecule has 1 atom stereocenters. The molecule has 128 valence electrons. The third-order valence-corrected chi connectivity index (χ3v) is 5.35. The summed E-state index contributed by atoms with van der Waals surface area (Å²) in [5.41, 5.74) is 1.94. The Morgan fingerprint density at radius 3 is 2.62 bits per heavy atom. The highest BCUT2D eigenvalue weighted by molar-refractivity contribution is 5.76. The van der Waals surface area contributed by atoms with E-state index in [0.717, 1.165) is 51.5 Å². The van der Waals surface area contributed by atoms with Crippen LogP contribution in [0.3, 0.4) is 0 Å². The summed E-state index contributed by atoms with van der Waals surface area (Å²) < 4.78 is 0. The van der Waals surface area contributed by atoms with Crippen molar-refractivity contribution in [3.63, 3.8) is 0 Å². The number of carbonyl (C=O) groups is 1. The van der Waals surface area contributed by atoms with Gasteiger partial charge in [-0.05, 0) is 48.8 Å².